The lowest BCUT2D eigenvalue weighted by Gasteiger charge is -2.26. The smallest absolute Gasteiger partial charge is 0.418 e. The molecule has 1 aliphatic heterocycles. The van der Waals surface area contributed by atoms with Crippen molar-refractivity contribution in [2.45, 2.75) is 13.0 Å². The van der Waals surface area contributed by atoms with Gasteiger partial charge in [-0.3, -0.25) is 4.90 Å². The normalized spacial score (nSPS) is 17.6. The van der Waals surface area contributed by atoms with Crippen molar-refractivity contribution in [1.29, 1.82) is 0 Å². The first-order chi connectivity index (χ1) is 9.22. The molecular weight excluding hydrogens is 246 g/mol. The first-order valence-electron chi connectivity index (χ1n) is 6.00. The third-order valence-electron chi connectivity index (χ3n) is 3.05. The summed E-state index contributed by atoms with van der Waals surface area (Å²) in [7, 11) is 0. The molecule has 1 unspecified atom stereocenters. The molecule has 0 saturated carbocycles. The first-order valence-corrected chi connectivity index (χ1v) is 6.00. The van der Waals surface area contributed by atoms with Crippen molar-refractivity contribution in [1.82, 2.24) is 9.97 Å². The zero-order chi connectivity index (χ0) is 13.4. The number of anilines is 1. The minimum Gasteiger partial charge on any atom is -0.449 e. The van der Waals surface area contributed by atoms with Gasteiger partial charge in [-0.1, -0.05) is 0 Å². The SMILES string of the molecule is CCOC(=O)N1C=CC(O)c2c1ccc1[nH]cnc21. The van der Waals surface area contributed by atoms with Crippen molar-refractivity contribution in [3.8, 4) is 0 Å². The van der Waals surface area contributed by atoms with Crippen LogP contribution >= 0.6 is 0 Å². The molecule has 2 aromatic rings. The second kappa shape index (κ2) is 4.40. The number of aromatic nitrogens is 2. The quantitative estimate of drug-likeness (QED) is 0.821. The summed E-state index contributed by atoms with van der Waals surface area (Å²) in [6, 6.07) is 3.58. The molecule has 1 aromatic heterocycles. The number of ether oxygens (including phenoxy) is 1. The van der Waals surface area contributed by atoms with Crippen LogP contribution in [0.15, 0.2) is 30.7 Å². The molecule has 19 heavy (non-hydrogen) atoms. The molecule has 3 rings (SSSR count). The van der Waals surface area contributed by atoms with E-state index in [1.165, 1.54) is 17.2 Å². The summed E-state index contributed by atoms with van der Waals surface area (Å²) in [4.78, 5) is 20.4. The summed E-state index contributed by atoms with van der Waals surface area (Å²) in [6.45, 7) is 2.05. The summed E-state index contributed by atoms with van der Waals surface area (Å²) in [5, 5.41) is 10.1. The third-order valence-corrected chi connectivity index (χ3v) is 3.05. The van der Waals surface area contributed by atoms with Gasteiger partial charge in [0.25, 0.3) is 0 Å². The minimum atomic E-state index is -0.785. The van der Waals surface area contributed by atoms with Crippen molar-refractivity contribution in [3.63, 3.8) is 0 Å². The van der Waals surface area contributed by atoms with Crippen molar-refractivity contribution >= 4 is 22.8 Å². The molecule has 2 N–H and O–H groups in total. The van der Waals surface area contributed by atoms with E-state index in [1.54, 1.807) is 19.3 Å². The molecule has 0 saturated heterocycles. The van der Waals surface area contributed by atoms with Gasteiger partial charge in [-0.2, -0.15) is 0 Å². The summed E-state index contributed by atoms with van der Waals surface area (Å²) in [5.74, 6) is 0. The van der Waals surface area contributed by atoms with Gasteiger partial charge in [-0.05, 0) is 25.1 Å². The predicted octanol–water partition coefficient (Wildman–Crippen LogP) is 2.09. The van der Waals surface area contributed by atoms with Gasteiger partial charge in [0, 0.05) is 11.8 Å². The molecule has 0 radical (unpaired) electrons. The van der Waals surface area contributed by atoms with Crippen molar-refractivity contribution in [2.75, 3.05) is 11.5 Å². The average molecular weight is 259 g/mol. The largest absolute Gasteiger partial charge is 0.449 e. The maximum Gasteiger partial charge on any atom is 0.418 e. The number of carbonyl (C=O) groups excluding carboxylic acids is 1. The zero-order valence-corrected chi connectivity index (χ0v) is 10.3. The number of imidazole rings is 1. The number of nitrogens with zero attached hydrogens (tertiary/aromatic N) is 2. The zero-order valence-electron chi connectivity index (χ0n) is 10.3. The van der Waals surface area contributed by atoms with E-state index in [0.717, 1.165) is 5.52 Å². The Bertz CT molecular complexity index is 662. The van der Waals surface area contributed by atoms with Gasteiger partial charge in [0.2, 0.25) is 0 Å². The van der Waals surface area contributed by atoms with Crippen molar-refractivity contribution in [3.05, 3.63) is 36.3 Å². The van der Waals surface area contributed by atoms with Crippen LogP contribution in [0.5, 0.6) is 0 Å². The Balaban J connectivity index is 2.15. The lowest BCUT2D eigenvalue weighted by Crippen LogP contribution is -2.29. The number of hydrogen-bond donors (Lipinski definition) is 2. The number of aromatic amines is 1. The van der Waals surface area contributed by atoms with Crippen LogP contribution in [-0.2, 0) is 4.74 Å². The Kier molecular flexibility index (Phi) is 2.72. The highest BCUT2D eigenvalue weighted by Gasteiger charge is 2.27. The molecule has 98 valence electrons. The van der Waals surface area contributed by atoms with E-state index >= 15 is 0 Å². The topological polar surface area (TPSA) is 78.5 Å². The molecule has 0 aliphatic carbocycles. The molecule has 1 atom stereocenters. The number of benzene rings is 1. The van der Waals surface area contributed by atoms with Crippen LogP contribution in [0.4, 0.5) is 10.5 Å². The number of aliphatic hydroxyl groups is 1. The first kappa shape index (κ1) is 11.7. The van der Waals surface area contributed by atoms with Crippen LogP contribution < -0.4 is 4.90 Å². The van der Waals surface area contributed by atoms with E-state index in [4.69, 9.17) is 4.74 Å². The maximum atomic E-state index is 11.9. The molecule has 0 bridgehead atoms. The van der Waals surface area contributed by atoms with Gasteiger partial charge >= 0.3 is 6.09 Å². The summed E-state index contributed by atoms with van der Waals surface area (Å²) < 4.78 is 4.99. The summed E-state index contributed by atoms with van der Waals surface area (Å²) in [6.07, 6.45) is 3.36. The van der Waals surface area contributed by atoms with Gasteiger partial charge in [0.15, 0.2) is 0 Å². The van der Waals surface area contributed by atoms with E-state index in [1.807, 2.05) is 6.07 Å². The molecule has 1 aliphatic rings. The average Bonchev–Trinajstić information content (AvgIpc) is 2.87. The highest BCUT2D eigenvalue weighted by atomic mass is 16.6. The Morgan fingerprint density at radius 3 is 3.21 bits per heavy atom. The fourth-order valence-corrected chi connectivity index (χ4v) is 2.22. The van der Waals surface area contributed by atoms with Crippen LogP contribution in [0.3, 0.4) is 0 Å². The van der Waals surface area contributed by atoms with Gasteiger partial charge in [-0.25, -0.2) is 9.78 Å². The van der Waals surface area contributed by atoms with Crippen LogP contribution in [0.2, 0.25) is 0 Å². The highest BCUT2D eigenvalue weighted by molar-refractivity contribution is 5.96. The lowest BCUT2D eigenvalue weighted by molar-refractivity contribution is 0.161. The molecule has 2 heterocycles. The molecule has 6 heteroatoms. The predicted molar refractivity (Wildman–Crippen MR) is 69.7 cm³/mol. The second-order valence-electron chi connectivity index (χ2n) is 4.15. The number of hydrogen-bond acceptors (Lipinski definition) is 4. The molecule has 0 spiro atoms. The number of aliphatic hydroxyl groups excluding tert-OH is 1. The Morgan fingerprint density at radius 2 is 2.42 bits per heavy atom. The number of H-pyrrole nitrogens is 1. The number of nitrogens with one attached hydrogen (secondary N) is 1. The van der Waals surface area contributed by atoms with E-state index in [9.17, 15) is 9.90 Å². The van der Waals surface area contributed by atoms with E-state index < -0.39 is 12.2 Å². The summed E-state index contributed by atoms with van der Waals surface area (Å²) in [5.41, 5.74) is 2.67. The number of fused-ring (bicyclic) bond motifs is 3. The third kappa shape index (κ3) is 1.77. The van der Waals surface area contributed by atoms with Crippen molar-refractivity contribution in [2.24, 2.45) is 0 Å². The van der Waals surface area contributed by atoms with Gasteiger partial charge < -0.3 is 14.8 Å². The van der Waals surface area contributed by atoms with Crippen LogP contribution in [0.1, 0.15) is 18.6 Å². The fraction of sp³-hybridized carbons (Fsp3) is 0.231. The lowest BCUT2D eigenvalue weighted by atomic mass is 10.0. The van der Waals surface area contributed by atoms with Crippen LogP contribution in [0.25, 0.3) is 11.0 Å². The van der Waals surface area contributed by atoms with Gasteiger partial charge in [-0.15, -0.1) is 0 Å². The van der Waals surface area contributed by atoms with E-state index in [-0.39, 0.29) is 0 Å². The number of carbonyl (C=O) groups is 1. The standard InChI is InChI=1S/C13H13N3O3/c1-2-19-13(18)16-6-5-10(17)11-9(16)4-3-8-12(11)15-7-14-8/h3-7,10,17H,2H2,1H3,(H,14,15). The van der Waals surface area contributed by atoms with E-state index in [0.29, 0.717) is 23.4 Å². The number of rotatable bonds is 1. The second-order valence-corrected chi connectivity index (χ2v) is 4.15. The summed E-state index contributed by atoms with van der Waals surface area (Å²) >= 11 is 0. The molecule has 1 aromatic carbocycles. The fourth-order valence-electron chi connectivity index (χ4n) is 2.22. The highest BCUT2D eigenvalue weighted by Crippen LogP contribution is 2.36. The minimum absolute atomic E-state index is 0.297. The van der Waals surface area contributed by atoms with Gasteiger partial charge in [0.05, 0.1) is 29.7 Å². The van der Waals surface area contributed by atoms with Crippen molar-refractivity contribution < 1.29 is 14.6 Å². The number of amides is 1. The van der Waals surface area contributed by atoms with Crippen LogP contribution in [-0.4, -0.2) is 27.8 Å². The Morgan fingerprint density at radius 1 is 1.58 bits per heavy atom. The Labute approximate surface area is 109 Å². The van der Waals surface area contributed by atoms with Crippen LogP contribution in [0, 0.1) is 0 Å². The Hall–Kier alpha value is -2.34. The molecular formula is C13H13N3O3. The molecule has 1 amide bonds. The maximum absolute atomic E-state index is 11.9. The van der Waals surface area contributed by atoms with Gasteiger partial charge in [0.1, 0.15) is 6.10 Å². The van der Waals surface area contributed by atoms with E-state index in [2.05, 4.69) is 9.97 Å². The molecule has 0 fully saturated rings. The monoisotopic (exact) mass is 259 g/mol. The molecule has 6 nitrogen and oxygen atoms in total.